The van der Waals surface area contributed by atoms with Gasteiger partial charge in [0.1, 0.15) is 22.3 Å². The number of aromatic nitrogens is 1. The van der Waals surface area contributed by atoms with E-state index in [1.165, 1.54) is 0 Å². The molecule has 0 aliphatic heterocycles. The van der Waals surface area contributed by atoms with Gasteiger partial charge in [0.05, 0.1) is 11.2 Å². The molecule has 3 aromatic heterocycles. The Morgan fingerprint density at radius 1 is 0.588 bits per heavy atom. The number of rotatable bonds is 4. The number of fused-ring (bicyclic) bond motifs is 9. The number of furan rings is 2. The first-order chi connectivity index (χ1) is 25.0. The third-order valence-electron chi connectivity index (χ3n) is 10.6. The van der Waals surface area contributed by atoms with Gasteiger partial charge in [-0.1, -0.05) is 74.0 Å². The van der Waals surface area contributed by atoms with Gasteiger partial charge in [0, 0.05) is 38.1 Å². The summed E-state index contributed by atoms with van der Waals surface area (Å²) in [6.07, 6.45) is 6.12. The van der Waals surface area contributed by atoms with Crippen molar-refractivity contribution in [2.75, 3.05) is 0 Å². The van der Waals surface area contributed by atoms with Crippen LogP contribution in [0.15, 0.2) is 130 Å². The zero-order chi connectivity index (χ0) is 34.2. The zero-order valence-electron chi connectivity index (χ0n) is 27.8. The van der Waals surface area contributed by atoms with Gasteiger partial charge in [-0.25, -0.2) is 13.8 Å². The molecule has 3 heterocycles. The molecule has 0 bridgehead atoms. The zero-order valence-corrected chi connectivity index (χ0v) is 27.8. The van der Waals surface area contributed by atoms with Gasteiger partial charge in [-0.05, 0) is 113 Å². The normalized spacial score (nSPS) is 14.6. The van der Waals surface area contributed by atoms with Crippen molar-refractivity contribution in [2.24, 2.45) is 5.92 Å². The van der Waals surface area contributed by atoms with E-state index in [1.54, 1.807) is 12.1 Å². The van der Waals surface area contributed by atoms with Gasteiger partial charge in [0.25, 0.3) is 0 Å². The van der Waals surface area contributed by atoms with Gasteiger partial charge < -0.3 is 8.83 Å². The molecular formula is C46H31F2NO2. The van der Waals surface area contributed by atoms with Crippen molar-refractivity contribution in [1.29, 1.82) is 0 Å². The van der Waals surface area contributed by atoms with Crippen LogP contribution >= 0.6 is 0 Å². The summed E-state index contributed by atoms with van der Waals surface area (Å²) in [5, 5.41) is 4.43. The van der Waals surface area contributed by atoms with Crippen molar-refractivity contribution in [3.05, 3.63) is 144 Å². The molecule has 10 rings (SSSR count). The summed E-state index contributed by atoms with van der Waals surface area (Å²) in [6.45, 7) is 2.14. The second-order valence-electron chi connectivity index (χ2n) is 13.6. The van der Waals surface area contributed by atoms with Gasteiger partial charge >= 0.3 is 0 Å². The molecular weight excluding hydrogens is 637 g/mol. The molecule has 246 valence electrons. The lowest BCUT2D eigenvalue weighted by atomic mass is 9.91. The van der Waals surface area contributed by atoms with Crippen LogP contribution in [-0.4, -0.2) is 4.98 Å². The first-order valence-electron chi connectivity index (χ1n) is 17.5. The molecule has 9 aromatic rings. The Morgan fingerprint density at radius 2 is 1.18 bits per heavy atom. The number of benzene rings is 6. The molecule has 3 nitrogen and oxygen atoms in total. The third-order valence-corrected chi connectivity index (χ3v) is 10.6. The number of hydrogen-bond donors (Lipinski definition) is 0. The molecule has 5 heteroatoms. The van der Waals surface area contributed by atoms with Crippen LogP contribution in [0.5, 0.6) is 0 Å². The average Bonchev–Trinajstić information content (AvgIpc) is 3.65. The maximum absolute atomic E-state index is 15.6. The first kappa shape index (κ1) is 29.8. The van der Waals surface area contributed by atoms with E-state index in [-0.39, 0.29) is 5.39 Å². The Hall–Kier alpha value is -6.07. The molecule has 0 radical (unpaired) electrons. The number of hydrogen-bond acceptors (Lipinski definition) is 3. The molecule has 6 aromatic carbocycles. The van der Waals surface area contributed by atoms with Crippen molar-refractivity contribution < 1.29 is 17.6 Å². The van der Waals surface area contributed by atoms with Crippen LogP contribution in [-0.2, 0) is 6.42 Å². The third kappa shape index (κ3) is 4.79. The van der Waals surface area contributed by atoms with Crippen LogP contribution in [0.2, 0.25) is 0 Å². The van der Waals surface area contributed by atoms with Gasteiger partial charge in [-0.15, -0.1) is 0 Å². The van der Waals surface area contributed by atoms with Crippen molar-refractivity contribution in [3.8, 4) is 33.5 Å². The van der Waals surface area contributed by atoms with E-state index in [0.29, 0.717) is 29.1 Å². The van der Waals surface area contributed by atoms with Crippen molar-refractivity contribution in [1.82, 2.24) is 4.98 Å². The number of allylic oxidation sites excluding steroid dienone is 1. The van der Waals surface area contributed by atoms with E-state index >= 15 is 8.78 Å². The second kappa shape index (κ2) is 11.5. The van der Waals surface area contributed by atoms with Crippen LogP contribution in [0.3, 0.4) is 0 Å². The number of halogens is 2. The fourth-order valence-electron chi connectivity index (χ4n) is 7.89. The molecule has 0 spiro atoms. The minimum Gasteiger partial charge on any atom is -0.456 e. The number of para-hydroxylation sites is 2. The van der Waals surface area contributed by atoms with Crippen LogP contribution in [0.1, 0.15) is 30.9 Å². The summed E-state index contributed by atoms with van der Waals surface area (Å²) in [7, 11) is 0. The second-order valence-corrected chi connectivity index (χ2v) is 13.6. The maximum Gasteiger partial charge on any atom is 0.168 e. The monoisotopic (exact) mass is 667 g/mol. The summed E-state index contributed by atoms with van der Waals surface area (Å²) < 4.78 is 43.3. The Morgan fingerprint density at radius 3 is 1.80 bits per heavy atom. The molecule has 1 aliphatic carbocycles. The molecule has 51 heavy (non-hydrogen) atoms. The topological polar surface area (TPSA) is 39.2 Å². The van der Waals surface area contributed by atoms with E-state index in [9.17, 15) is 0 Å². The summed E-state index contributed by atoms with van der Waals surface area (Å²) in [4.78, 5) is 5.14. The van der Waals surface area contributed by atoms with Crippen molar-refractivity contribution in [2.45, 2.75) is 26.2 Å². The Kier molecular flexibility index (Phi) is 6.72. The van der Waals surface area contributed by atoms with Gasteiger partial charge in [-0.2, -0.15) is 0 Å². The Balaban J connectivity index is 1.20. The van der Waals surface area contributed by atoms with Crippen LogP contribution in [0, 0.1) is 17.6 Å². The SMILES string of the molecule is CCC1CC=Cc2c(F)c(F)c3ccc(-c4cc(-c5ccc6oc7ccccc7c6c5)cc(-c5ccc6oc7ccccc7c6c5)c4)nc3c2C1. The lowest BCUT2D eigenvalue weighted by molar-refractivity contribution is 0.503. The molecule has 1 aliphatic rings. The van der Waals surface area contributed by atoms with Crippen molar-refractivity contribution >= 4 is 60.9 Å². The average molecular weight is 668 g/mol. The summed E-state index contributed by atoms with van der Waals surface area (Å²) in [5.41, 5.74) is 10.6. The molecule has 0 saturated carbocycles. The molecule has 0 fully saturated rings. The first-order valence-corrected chi connectivity index (χ1v) is 17.5. The van der Waals surface area contributed by atoms with Crippen LogP contribution in [0.4, 0.5) is 8.78 Å². The molecule has 0 saturated heterocycles. The summed E-state index contributed by atoms with van der Waals surface area (Å²) in [5.74, 6) is -1.31. The molecule has 1 atom stereocenters. The van der Waals surface area contributed by atoms with Gasteiger partial charge in [0.2, 0.25) is 0 Å². The molecule has 0 amide bonds. The predicted octanol–water partition coefficient (Wildman–Crippen LogP) is 13.3. The van der Waals surface area contributed by atoms with Crippen molar-refractivity contribution in [3.63, 3.8) is 0 Å². The maximum atomic E-state index is 15.6. The van der Waals surface area contributed by atoms with E-state index < -0.39 is 11.6 Å². The highest BCUT2D eigenvalue weighted by molar-refractivity contribution is 6.07. The minimum absolute atomic E-state index is 0.214. The fourth-order valence-corrected chi connectivity index (χ4v) is 7.89. The highest BCUT2D eigenvalue weighted by atomic mass is 19.2. The molecule has 1 unspecified atom stereocenters. The standard InChI is InChI=1S/C46H31F2NO2/c1-2-26-8-7-11-34-38(20-26)46-35(45(48)44(34)47)16-17-39(49-46)31-22-29(27-14-18-42-36(24-27)32-9-3-5-12-40(32)50-42)21-30(23-31)28-15-19-43-37(25-28)33-10-4-6-13-41(33)51-43/h3-7,9-19,21-26H,2,8,20H2,1H3. The number of nitrogens with zero attached hydrogens (tertiary/aromatic N) is 1. The largest absolute Gasteiger partial charge is 0.456 e. The number of pyridine rings is 1. The Labute approximate surface area is 292 Å². The van der Waals surface area contributed by atoms with Gasteiger partial charge in [0.15, 0.2) is 11.6 Å². The van der Waals surface area contributed by atoms with E-state index in [4.69, 9.17) is 13.8 Å². The highest BCUT2D eigenvalue weighted by Gasteiger charge is 2.24. The fraction of sp³-hybridized carbons (Fsp3) is 0.109. The van der Waals surface area contributed by atoms with E-state index in [2.05, 4.69) is 61.5 Å². The lowest BCUT2D eigenvalue weighted by Crippen LogP contribution is -2.06. The quantitative estimate of drug-likeness (QED) is 0.187. The summed E-state index contributed by atoms with van der Waals surface area (Å²) in [6, 6.07) is 38.7. The highest BCUT2D eigenvalue weighted by Crippen LogP contribution is 2.40. The van der Waals surface area contributed by atoms with E-state index in [0.717, 1.165) is 90.1 Å². The summed E-state index contributed by atoms with van der Waals surface area (Å²) >= 11 is 0. The Bertz CT molecular complexity index is 2760. The smallest absolute Gasteiger partial charge is 0.168 e. The van der Waals surface area contributed by atoms with Crippen LogP contribution in [0.25, 0.3) is 94.4 Å². The molecule has 0 N–H and O–H groups in total. The van der Waals surface area contributed by atoms with Gasteiger partial charge in [-0.3, -0.25) is 0 Å². The predicted molar refractivity (Wildman–Crippen MR) is 204 cm³/mol. The van der Waals surface area contributed by atoms with Crippen LogP contribution < -0.4 is 0 Å². The minimum atomic E-state index is -0.849. The lowest BCUT2D eigenvalue weighted by Gasteiger charge is -2.16. The van der Waals surface area contributed by atoms with E-state index in [1.807, 2.05) is 60.7 Å².